The Kier molecular flexibility index (Phi) is 2.90. The van der Waals surface area contributed by atoms with E-state index in [-0.39, 0.29) is 11.9 Å². The van der Waals surface area contributed by atoms with Gasteiger partial charge in [0.1, 0.15) is 5.75 Å². The lowest BCUT2D eigenvalue weighted by Gasteiger charge is -2.16. The third-order valence-electron chi connectivity index (χ3n) is 2.57. The summed E-state index contributed by atoms with van der Waals surface area (Å²) in [5.41, 5.74) is 1.09. The van der Waals surface area contributed by atoms with E-state index in [1.54, 1.807) is 6.92 Å². The molecule has 0 fully saturated rings. The standard InChI is InChI=1S/C12H15NO2/c1-9(14)13-11-6-4-8-15-12-7-3-2-5-10(11)12/h2-3,5,7,11H,4,6,8H2,1H3,(H,13,14)/t11-/m1/s1. The number of carbonyl (C=O) groups excluding carboxylic acids is 1. The zero-order valence-electron chi connectivity index (χ0n) is 8.82. The monoisotopic (exact) mass is 205 g/mol. The summed E-state index contributed by atoms with van der Waals surface area (Å²) in [6.45, 7) is 2.28. The van der Waals surface area contributed by atoms with Crippen molar-refractivity contribution in [3.05, 3.63) is 29.8 Å². The lowest BCUT2D eigenvalue weighted by Crippen LogP contribution is -2.25. The maximum atomic E-state index is 11.1. The van der Waals surface area contributed by atoms with Gasteiger partial charge in [0.05, 0.1) is 12.6 Å². The highest BCUT2D eigenvalue weighted by Crippen LogP contribution is 2.30. The Hall–Kier alpha value is -1.51. The SMILES string of the molecule is CC(=O)N[C@@H]1CCCOc2ccccc21. The maximum Gasteiger partial charge on any atom is 0.217 e. The lowest BCUT2D eigenvalue weighted by atomic mass is 10.0. The molecule has 15 heavy (non-hydrogen) atoms. The number of nitrogens with one attached hydrogen (secondary N) is 1. The second-order valence-corrected chi connectivity index (χ2v) is 3.78. The predicted molar refractivity (Wildman–Crippen MR) is 57.7 cm³/mol. The topological polar surface area (TPSA) is 38.3 Å². The van der Waals surface area contributed by atoms with Crippen LogP contribution in [-0.2, 0) is 4.79 Å². The van der Waals surface area contributed by atoms with Gasteiger partial charge in [0.2, 0.25) is 5.91 Å². The molecular formula is C12H15NO2. The van der Waals surface area contributed by atoms with Crippen molar-refractivity contribution in [2.75, 3.05) is 6.61 Å². The number of hydrogen-bond acceptors (Lipinski definition) is 2. The molecule has 0 spiro atoms. The van der Waals surface area contributed by atoms with Gasteiger partial charge in [-0.05, 0) is 18.9 Å². The first kappa shape index (κ1) is 10.0. The van der Waals surface area contributed by atoms with Crippen LogP contribution in [0.1, 0.15) is 31.4 Å². The largest absolute Gasteiger partial charge is 0.493 e. The van der Waals surface area contributed by atoms with Crippen LogP contribution in [0.15, 0.2) is 24.3 Å². The number of hydrogen-bond donors (Lipinski definition) is 1. The first-order valence-corrected chi connectivity index (χ1v) is 5.26. The lowest BCUT2D eigenvalue weighted by molar-refractivity contribution is -0.119. The summed E-state index contributed by atoms with van der Waals surface area (Å²) in [5, 5.41) is 2.96. The van der Waals surface area contributed by atoms with Gasteiger partial charge in [0.25, 0.3) is 0 Å². The van der Waals surface area contributed by atoms with Crippen LogP contribution >= 0.6 is 0 Å². The number of para-hydroxylation sites is 1. The highest BCUT2D eigenvalue weighted by atomic mass is 16.5. The molecule has 0 radical (unpaired) electrons. The quantitative estimate of drug-likeness (QED) is 0.761. The van der Waals surface area contributed by atoms with Crippen LogP contribution in [0.3, 0.4) is 0 Å². The van der Waals surface area contributed by atoms with Crippen LogP contribution < -0.4 is 10.1 Å². The Labute approximate surface area is 89.4 Å². The number of benzene rings is 1. The summed E-state index contributed by atoms with van der Waals surface area (Å²) in [6.07, 6.45) is 1.91. The number of rotatable bonds is 1. The molecule has 1 aromatic rings. The van der Waals surface area contributed by atoms with Gasteiger partial charge < -0.3 is 10.1 Å². The zero-order valence-corrected chi connectivity index (χ0v) is 8.82. The first-order chi connectivity index (χ1) is 7.27. The summed E-state index contributed by atoms with van der Waals surface area (Å²) < 4.78 is 5.61. The molecule has 0 aliphatic carbocycles. The molecular weight excluding hydrogens is 190 g/mol. The molecule has 3 nitrogen and oxygen atoms in total. The summed E-state index contributed by atoms with van der Waals surface area (Å²) in [5.74, 6) is 0.908. The number of amides is 1. The minimum Gasteiger partial charge on any atom is -0.493 e. The van der Waals surface area contributed by atoms with E-state index in [4.69, 9.17) is 4.74 Å². The third-order valence-corrected chi connectivity index (χ3v) is 2.57. The molecule has 1 heterocycles. The summed E-state index contributed by atoms with van der Waals surface area (Å²) in [6, 6.07) is 8.00. The number of fused-ring (bicyclic) bond motifs is 1. The Bertz CT molecular complexity index is 362. The van der Waals surface area contributed by atoms with E-state index in [2.05, 4.69) is 5.32 Å². The van der Waals surface area contributed by atoms with Crippen LogP contribution in [-0.4, -0.2) is 12.5 Å². The molecule has 0 saturated heterocycles. The van der Waals surface area contributed by atoms with E-state index in [0.29, 0.717) is 0 Å². The molecule has 0 bridgehead atoms. The highest BCUT2D eigenvalue weighted by Gasteiger charge is 2.19. The van der Waals surface area contributed by atoms with Crippen molar-refractivity contribution in [3.63, 3.8) is 0 Å². The van der Waals surface area contributed by atoms with Crippen molar-refractivity contribution < 1.29 is 9.53 Å². The summed E-state index contributed by atoms with van der Waals surface area (Å²) in [7, 11) is 0. The van der Waals surface area contributed by atoms with Crippen LogP contribution in [0.4, 0.5) is 0 Å². The molecule has 1 N–H and O–H groups in total. The molecule has 80 valence electrons. The Balaban J connectivity index is 2.28. The molecule has 1 amide bonds. The molecule has 1 aromatic carbocycles. The second kappa shape index (κ2) is 4.34. The van der Waals surface area contributed by atoms with Gasteiger partial charge >= 0.3 is 0 Å². The molecule has 2 rings (SSSR count). The van der Waals surface area contributed by atoms with Crippen molar-refractivity contribution in [2.45, 2.75) is 25.8 Å². The summed E-state index contributed by atoms with van der Waals surface area (Å²) in [4.78, 5) is 11.1. The van der Waals surface area contributed by atoms with Gasteiger partial charge in [0, 0.05) is 12.5 Å². The molecule has 1 aliphatic heterocycles. The van der Waals surface area contributed by atoms with Crippen molar-refractivity contribution in [2.24, 2.45) is 0 Å². The third kappa shape index (κ3) is 2.29. The van der Waals surface area contributed by atoms with E-state index >= 15 is 0 Å². The summed E-state index contributed by atoms with van der Waals surface area (Å²) >= 11 is 0. The minimum absolute atomic E-state index is 0.0108. The fraction of sp³-hybridized carbons (Fsp3) is 0.417. The van der Waals surface area contributed by atoms with Crippen LogP contribution in [0.25, 0.3) is 0 Å². The first-order valence-electron chi connectivity index (χ1n) is 5.26. The van der Waals surface area contributed by atoms with Crippen molar-refractivity contribution in [1.29, 1.82) is 0 Å². The average molecular weight is 205 g/mol. The second-order valence-electron chi connectivity index (χ2n) is 3.78. The van der Waals surface area contributed by atoms with Gasteiger partial charge in [0.15, 0.2) is 0 Å². The normalized spacial score (nSPS) is 19.7. The van der Waals surface area contributed by atoms with E-state index in [9.17, 15) is 4.79 Å². The molecule has 3 heteroatoms. The van der Waals surface area contributed by atoms with Crippen molar-refractivity contribution >= 4 is 5.91 Å². The van der Waals surface area contributed by atoms with E-state index in [1.165, 1.54) is 0 Å². The maximum absolute atomic E-state index is 11.1. The fourth-order valence-corrected chi connectivity index (χ4v) is 1.92. The molecule has 1 aliphatic rings. The molecule has 0 aromatic heterocycles. The minimum atomic E-state index is 0.0108. The Morgan fingerprint density at radius 2 is 2.27 bits per heavy atom. The number of carbonyl (C=O) groups is 1. The highest BCUT2D eigenvalue weighted by molar-refractivity contribution is 5.73. The van der Waals surface area contributed by atoms with E-state index in [0.717, 1.165) is 30.8 Å². The van der Waals surface area contributed by atoms with Crippen LogP contribution in [0, 0.1) is 0 Å². The van der Waals surface area contributed by atoms with Crippen molar-refractivity contribution in [3.8, 4) is 5.75 Å². The smallest absolute Gasteiger partial charge is 0.217 e. The molecule has 0 saturated carbocycles. The van der Waals surface area contributed by atoms with Crippen LogP contribution in [0.2, 0.25) is 0 Å². The van der Waals surface area contributed by atoms with Gasteiger partial charge in [-0.25, -0.2) is 0 Å². The fourth-order valence-electron chi connectivity index (χ4n) is 1.92. The average Bonchev–Trinajstić information content (AvgIpc) is 2.41. The Morgan fingerprint density at radius 3 is 3.07 bits per heavy atom. The van der Waals surface area contributed by atoms with Gasteiger partial charge in [-0.1, -0.05) is 18.2 Å². The van der Waals surface area contributed by atoms with E-state index in [1.807, 2.05) is 24.3 Å². The predicted octanol–water partition coefficient (Wildman–Crippen LogP) is 2.04. The number of ether oxygens (including phenoxy) is 1. The molecule has 0 unspecified atom stereocenters. The van der Waals surface area contributed by atoms with Crippen molar-refractivity contribution in [1.82, 2.24) is 5.32 Å². The molecule has 1 atom stereocenters. The zero-order chi connectivity index (χ0) is 10.7. The van der Waals surface area contributed by atoms with E-state index < -0.39 is 0 Å². The van der Waals surface area contributed by atoms with Gasteiger partial charge in [-0.15, -0.1) is 0 Å². The Morgan fingerprint density at radius 1 is 1.47 bits per heavy atom. The van der Waals surface area contributed by atoms with Gasteiger partial charge in [-0.3, -0.25) is 4.79 Å². The van der Waals surface area contributed by atoms with Gasteiger partial charge in [-0.2, -0.15) is 0 Å². The van der Waals surface area contributed by atoms with Crippen LogP contribution in [0.5, 0.6) is 5.75 Å².